The molecule has 0 aliphatic rings. The third-order valence-electron chi connectivity index (χ3n) is 15.0. The lowest BCUT2D eigenvalue weighted by molar-refractivity contribution is -0.143. The molecule has 526 valence electrons. The average Bonchev–Trinajstić information content (AvgIpc) is 0.776. The lowest BCUT2D eigenvalue weighted by atomic mass is 9.98. The number of unbranched alkanes of at least 4 members (excludes halogenated alkanes) is 3. The fourth-order valence-corrected chi connectivity index (χ4v) is 11.8. The van der Waals surface area contributed by atoms with Crippen molar-refractivity contribution >= 4 is 57.3 Å². The molecular formula is C64H97F6N13O10S. The van der Waals surface area contributed by atoms with Gasteiger partial charge in [0.2, 0.25) is 57.3 Å². The van der Waals surface area contributed by atoms with Gasteiger partial charge in [0.25, 0.3) is 0 Å². The molecule has 0 heterocycles. The quantitative estimate of drug-likeness (QED) is 0.0283. The van der Waals surface area contributed by atoms with Gasteiger partial charge in [0, 0.05) is 12.6 Å². The molecular weight excluding hydrogens is 1260 g/mol. The highest BCUT2D eigenvalue weighted by atomic mass is 32.2. The number of benzene rings is 3. The molecule has 0 aliphatic heterocycles. The van der Waals surface area contributed by atoms with Gasteiger partial charge in [-0.1, -0.05) is 102 Å². The first-order chi connectivity index (χ1) is 44.1. The van der Waals surface area contributed by atoms with Crippen LogP contribution in [0.5, 0.6) is 0 Å². The molecule has 94 heavy (non-hydrogen) atoms. The van der Waals surface area contributed by atoms with Crippen molar-refractivity contribution in [2.45, 2.75) is 197 Å². The number of nitrogens with one attached hydrogen (secondary N) is 7. The van der Waals surface area contributed by atoms with Gasteiger partial charge < -0.3 is 65.9 Å². The van der Waals surface area contributed by atoms with Crippen molar-refractivity contribution in [2.24, 2.45) is 46.4 Å². The second-order valence-corrected chi connectivity index (χ2v) is 26.7. The van der Waals surface area contributed by atoms with Crippen molar-refractivity contribution in [1.82, 2.24) is 41.5 Å². The number of nitrogens with two attached hydrogens (primary N) is 5. The average molecular weight is 1350 g/mol. The van der Waals surface area contributed by atoms with Crippen molar-refractivity contribution in [2.75, 3.05) is 32.7 Å². The minimum Gasteiger partial charge on any atom is -0.369 e. The molecule has 0 aliphatic carbocycles. The van der Waals surface area contributed by atoms with Gasteiger partial charge in [0.1, 0.15) is 36.3 Å². The van der Waals surface area contributed by atoms with E-state index in [9.17, 15) is 73.1 Å². The molecule has 30 heteroatoms. The van der Waals surface area contributed by atoms with Gasteiger partial charge in [0.15, 0.2) is 0 Å². The zero-order chi connectivity index (χ0) is 70.5. The number of hydrogen-bond donors (Lipinski definition) is 12. The van der Waals surface area contributed by atoms with Crippen LogP contribution in [-0.2, 0) is 73.6 Å². The van der Waals surface area contributed by atoms with Gasteiger partial charge in [-0.2, -0.15) is 30.6 Å². The summed E-state index contributed by atoms with van der Waals surface area (Å²) in [4.78, 5) is 111. The van der Waals surface area contributed by atoms with Crippen LogP contribution in [0.15, 0.2) is 83.8 Å². The lowest BCUT2D eigenvalue weighted by Crippen LogP contribution is -2.60. The zero-order valence-electron chi connectivity index (χ0n) is 54.4. The zero-order valence-corrected chi connectivity index (χ0v) is 55.2. The first-order valence-electron chi connectivity index (χ1n) is 31.7. The van der Waals surface area contributed by atoms with Crippen LogP contribution >= 0.6 is 0 Å². The summed E-state index contributed by atoms with van der Waals surface area (Å²) >= 11 is 0. The Balaban J connectivity index is 1.99. The Hall–Kier alpha value is -7.25. The van der Waals surface area contributed by atoms with Gasteiger partial charge in [-0.15, -0.1) is 0 Å². The molecule has 0 saturated heterocycles. The van der Waals surface area contributed by atoms with Crippen LogP contribution in [0.2, 0.25) is 0 Å². The number of nitrogens with zero attached hydrogens (tertiary/aromatic N) is 1. The fraction of sp³-hybridized carbons (Fsp3) is 0.594. The molecule has 3 aromatic carbocycles. The largest absolute Gasteiger partial charge is 0.416 e. The van der Waals surface area contributed by atoms with E-state index >= 15 is 0 Å². The van der Waals surface area contributed by atoms with Crippen LogP contribution in [0, 0.1) is 17.8 Å². The number of sulfonamides is 1. The van der Waals surface area contributed by atoms with Crippen molar-refractivity contribution in [3.63, 3.8) is 0 Å². The Bertz CT molecular complexity index is 2990. The van der Waals surface area contributed by atoms with E-state index in [2.05, 4.69) is 37.2 Å². The second-order valence-electron chi connectivity index (χ2n) is 24.8. The van der Waals surface area contributed by atoms with Gasteiger partial charge >= 0.3 is 12.4 Å². The van der Waals surface area contributed by atoms with Crippen molar-refractivity contribution in [1.29, 1.82) is 0 Å². The molecule has 0 aromatic heterocycles. The summed E-state index contributed by atoms with van der Waals surface area (Å²) in [5.74, 6) is -7.35. The Labute approximate surface area is 547 Å². The number of rotatable bonds is 42. The van der Waals surface area contributed by atoms with Gasteiger partial charge in [-0.3, -0.25) is 38.4 Å². The molecule has 8 amide bonds. The summed E-state index contributed by atoms with van der Waals surface area (Å²) in [6.07, 6.45) is -8.72. The fourth-order valence-electron chi connectivity index (χ4n) is 10.2. The van der Waals surface area contributed by atoms with Crippen LogP contribution in [0.3, 0.4) is 0 Å². The minimum absolute atomic E-state index is 0.0134. The van der Waals surface area contributed by atoms with Crippen LogP contribution in [0.1, 0.15) is 141 Å². The van der Waals surface area contributed by atoms with E-state index < -0.39 is 147 Å². The number of hydrogen-bond acceptors (Lipinski definition) is 14. The maximum Gasteiger partial charge on any atom is 0.416 e. The summed E-state index contributed by atoms with van der Waals surface area (Å²) in [7, 11) is -5.47. The third-order valence-corrected chi connectivity index (χ3v) is 16.8. The molecule has 0 fully saturated rings. The first kappa shape index (κ1) is 81.0. The topological polar surface area (TPSA) is 388 Å². The molecule has 0 spiro atoms. The first-order valence-corrected chi connectivity index (χ1v) is 33.2. The highest BCUT2D eigenvalue weighted by molar-refractivity contribution is 7.89. The summed E-state index contributed by atoms with van der Waals surface area (Å²) in [6.45, 7) is 9.26. The molecule has 0 radical (unpaired) electrons. The highest BCUT2D eigenvalue weighted by Crippen LogP contribution is 2.38. The maximum atomic E-state index is 14.6. The van der Waals surface area contributed by atoms with E-state index in [1.54, 1.807) is 58.0 Å². The molecule has 0 unspecified atom stereocenters. The molecule has 3 rings (SSSR count). The molecule has 23 nitrogen and oxygen atoms in total. The second kappa shape index (κ2) is 39.6. The summed E-state index contributed by atoms with van der Waals surface area (Å²) in [5, 5.41) is 19.1. The van der Waals surface area contributed by atoms with E-state index in [4.69, 9.17) is 28.7 Å². The Kier molecular flexibility index (Phi) is 34.1. The molecule has 0 bridgehead atoms. The molecule has 3 aromatic rings. The maximum absolute atomic E-state index is 14.6. The number of alkyl halides is 6. The number of primary amides is 1. The summed E-state index contributed by atoms with van der Waals surface area (Å²) in [5.41, 5.74) is 26.5. The predicted octanol–water partition coefficient (Wildman–Crippen LogP) is 3.93. The third kappa shape index (κ3) is 28.8. The standard InChI is InChI=1S/C64H97F6N13O10S/c1-39(2)29-52(80-56(85)48(74)33-43-21-11-8-12-22-43)60(89)79-51(25-15-18-28-73)59(88)81-54(31-41(5)6)62(91)82-53(30-40(3)4)61(90)78-50(24-14-17-27-72)58(87)77-49(23-13-16-26-71)57(86)76-46(32-42-19-9-7-10-20-42)37-83(38-55(75)84)94(92,93)47-35-44(63(65,66)67)34-45(36-47)64(68,69)70/h7-12,19-22,34-36,39-41,46,48-54H,13-18,23-33,37-38,71-74H2,1-6H3,(H2,75,84)(H,76,86)(H,77,87)(H,78,90)(H,79,89)(H,80,85)(H,81,88)(H,82,91)/t46-,48-,49-,50-,51-,52-,53-,54-/m0/s1. The predicted molar refractivity (Wildman–Crippen MR) is 343 cm³/mol. The lowest BCUT2D eigenvalue weighted by Gasteiger charge is -2.30. The number of carbonyl (C=O) groups excluding carboxylic acids is 8. The van der Waals surface area contributed by atoms with Gasteiger partial charge in [-0.05, 0) is 157 Å². The van der Waals surface area contributed by atoms with Crippen LogP contribution in [-0.4, -0.2) is 141 Å². The minimum atomic E-state index is -5.47. The van der Waals surface area contributed by atoms with E-state index in [1.807, 2.05) is 44.2 Å². The molecule has 17 N–H and O–H groups in total. The van der Waals surface area contributed by atoms with Crippen LogP contribution in [0.4, 0.5) is 26.3 Å². The monoisotopic (exact) mass is 1350 g/mol. The van der Waals surface area contributed by atoms with E-state index in [0.29, 0.717) is 31.2 Å². The Morgan fingerprint density at radius 1 is 0.457 bits per heavy atom. The Morgan fingerprint density at radius 3 is 1.11 bits per heavy atom. The molecule has 0 saturated carbocycles. The van der Waals surface area contributed by atoms with Crippen molar-refractivity contribution in [3.05, 3.63) is 101 Å². The molecule has 8 atom stereocenters. The van der Waals surface area contributed by atoms with Crippen molar-refractivity contribution in [3.8, 4) is 0 Å². The summed E-state index contributed by atoms with van der Waals surface area (Å²) in [6, 6.07) is 6.50. The van der Waals surface area contributed by atoms with Crippen LogP contribution < -0.4 is 65.9 Å². The normalized spacial score (nSPS) is 14.6. The van der Waals surface area contributed by atoms with E-state index in [0.717, 1.165) is 5.56 Å². The van der Waals surface area contributed by atoms with Gasteiger partial charge in [-0.25, -0.2) is 8.42 Å². The van der Waals surface area contributed by atoms with E-state index in [1.165, 1.54) is 0 Å². The number of amides is 8. The smallest absolute Gasteiger partial charge is 0.369 e. The SMILES string of the molecule is CC(C)C[C@H](NC(=O)[C@H](CC(C)C)NC(=O)[C@H](CCCCN)NC(=O)[C@H](CC(C)C)NC(=O)[C@@H](N)Cc1ccccc1)C(=O)N[C@@H](CCCCN)C(=O)N[C@@H](CCCCN)C(=O)N[C@@H](Cc1ccccc1)CN(CC(N)=O)S(=O)(=O)c1cc(C(F)(F)F)cc(C(F)(F)F)c1. The summed E-state index contributed by atoms with van der Waals surface area (Å²) < 4.78 is 113. The number of carbonyl (C=O) groups is 8. The van der Waals surface area contributed by atoms with E-state index in [-0.39, 0.29) is 124 Å². The van der Waals surface area contributed by atoms with Crippen molar-refractivity contribution < 1.29 is 73.1 Å². The number of halogens is 6. The van der Waals surface area contributed by atoms with Crippen LogP contribution in [0.25, 0.3) is 0 Å². The van der Waals surface area contributed by atoms with Gasteiger partial charge in [0.05, 0.1) is 28.6 Å². The Morgan fingerprint density at radius 2 is 0.777 bits per heavy atom. The highest BCUT2D eigenvalue weighted by Gasteiger charge is 2.41.